The molecule has 3 aromatic rings. The summed E-state index contributed by atoms with van der Waals surface area (Å²) in [5.41, 5.74) is 10.3. The number of hydrogen-bond donors (Lipinski definition) is 1. The van der Waals surface area contributed by atoms with E-state index in [1.807, 2.05) is 32.3 Å². The molecular weight excluding hydrogens is 334 g/mol. The summed E-state index contributed by atoms with van der Waals surface area (Å²) in [5.74, 6) is 0. The van der Waals surface area contributed by atoms with Crippen molar-refractivity contribution in [2.45, 2.75) is 11.4 Å². The molecule has 0 fully saturated rings. The van der Waals surface area contributed by atoms with Crippen LogP contribution in [0.25, 0.3) is 22.0 Å². The van der Waals surface area contributed by atoms with Crippen LogP contribution < -0.4 is 5.73 Å². The SMILES string of the molecule is CN(C)Cc1ccc(-c2ccc3ncc(S(C)(=O)=O)c(N)c3c2)cc1. The minimum atomic E-state index is -3.41. The number of pyridine rings is 1. The summed E-state index contributed by atoms with van der Waals surface area (Å²) in [6.45, 7) is 0.882. The highest BCUT2D eigenvalue weighted by molar-refractivity contribution is 7.90. The predicted octanol–water partition coefficient (Wildman–Crippen LogP) is 2.95. The van der Waals surface area contributed by atoms with Crippen LogP contribution in [0, 0.1) is 0 Å². The quantitative estimate of drug-likeness (QED) is 0.779. The molecule has 0 unspecified atom stereocenters. The maximum Gasteiger partial charge on any atom is 0.179 e. The normalized spacial score (nSPS) is 12.0. The van der Waals surface area contributed by atoms with E-state index in [0.717, 1.165) is 23.9 Å². The van der Waals surface area contributed by atoms with Gasteiger partial charge in [0.2, 0.25) is 0 Å². The van der Waals surface area contributed by atoms with E-state index >= 15 is 0 Å². The van der Waals surface area contributed by atoms with Crippen molar-refractivity contribution >= 4 is 26.4 Å². The van der Waals surface area contributed by atoms with Crippen LogP contribution >= 0.6 is 0 Å². The molecule has 0 amide bonds. The molecule has 0 spiro atoms. The molecular formula is C19H21N3O2S. The van der Waals surface area contributed by atoms with Gasteiger partial charge in [0.05, 0.1) is 11.2 Å². The molecule has 5 nitrogen and oxygen atoms in total. The first-order chi connectivity index (χ1) is 11.8. The summed E-state index contributed by atoms with van der Waals surface area (Å²) in [7, 11) is 0.656. The molecule has 0 aliphatic carbocycles. The van der Waals surface area contributed by atoms with E-state index in [9.17, 15) is 8.42 Å². The number of fused-ring (bicyclic) bond motifs is 1. The summed E-state index contributed by atoms with van der Waals surface area (Å²) < 4.78 is 23.7. The average molecular weight is 355 g/mol. The number of benzene rings is 2. The first-order valence-electron chi connectivity index (χ1n) is 7.88. The Hall–Kier alpha value is -2.44. The van der Waals surface area contributed by atoms with Gasteiger partial charge in [-0.3, -0.25) is 4.98 Å². The Labute approximate surface area is 148 Å². The third-order valence-electron chi connectivity index (χ3n) is 4.06. The highest BCUT2D eigenvalue weighted by Crippen LogP contribution is 2.30. The van der Waals surface area contributed by atoms with Crippen molar-refractivity contribution in [2.75, 3.05) is 26.1 Å². The largest absolute Gasteiger partial charge is 0.397 e. The molecule has 0 radical (unpaired) electrons. The molecule has 0 saturated heterocycles. The smallest absolute Gasteiger partial charge is 0.179 e. The molecule has 3 rings (SSSR count). The third kappa shape index (κ3) is 3.65. The highest BCUT2D eigenvalue weighted by atomic mass is 32.2. The summed E-state index contributed by atoms with van der Waals surface area (Å²) in [6, 6.07) is 14.0. The van der Waals surface area contributed by atoms with Crippen LogP contribution in [0.1, 0.15) is 5.56 Å². The predicted molar refractivity (Wildman–Crippen MR) is 102 cm³/mol. The molecule has 25 heavy (non-hydrogen) atoms. The van der Waals surface area contributed by atoms with Gasteiger partial charge in [-0.1, -0.05) is 30.3 Å². The topological polar surface area (TPSA) is 76.3 Å². The summed E-state index contributed by atoms with van der Waals surface area (Å²) in [5, 5.41) is 0.651. The van der Waals surface area contributed by atoms with E-state index < -0.39 is 9.84 Å². The maximum atomic E-state index is 11.9. The van der Waals surface area contributed by atoms with Gasteiger partial charge >= 0.3 is 0 Å². The minimum Gasteiger partial charge on any atom is -0.397 e. The molecule has 1 aromatic heterocycles. The Morgan fingerprint density at radius 2 is 1.68 bits per heavy atom. The number of rotatable bonds is 4. The first-order valence-corrected chi connectivity index (χ1v) is 9.77. The van der Waals surface area contributed by atoms with E-state index in [0.29, 0.717) is 10.9 Å². The Morgan fingerprint density at radius 3 is 2.28 bits per heavy atom. The lowest BCUT2D eigenvalue weighted by Gasteiger charge is -2.11. The van der Waals surface area contributed by atoms with Crippen molar-refractivity contribution in [2.24, 2.45) is 0 Å². The van der Waals surface area contributed by atoms with Crippen molar-refractivity contribution in [3.05, 3.63) is 54.2 Å². The number of anilines is 1. The number of nitrogens with zero attached hydrogens (tertiary/aromatic N) is 2. The Bertz CT molecular complexity index is 1030. The summed E-state index contributed by atoms with van der Waals surface area (Å²) in [6.07, 6.45) is 2.46. The van der Waals surface area contributed by atoms with Gasteiger partial charge in [-0.2, -0.15) is 0 Å². The van der Waals surface area contributed by atoms with Crippen LogP contribution in [0.3, 0.4) is 0 Å². The van der Waals surface area contributed by atoms with E-state index in [4.69, 9.17) is 5.73 Å². The molecule has 6 heteroatoms. The molecule has 0 atom stereocenters. The lowest BCUT2D eigenvalue weighted by atomic mass is 10.0. The van der Waals surface area contributed by atoms with Crippen LogP contribution in [0.2, 0.25) is 0 Å². The Morgan fingerprint density at radius 1 is 1.04 bits per heavy atom. The van der Waals surface area contributed by atoms with Gasteiger partial charge < -0.3 is 10.6 Å². The van der Waals surface area contributed by atoms with Crippen LogP contribution in [0.4, 0.5) is 5.69 Å². The van der Waals surface area contributed by atoms with Crippen molar-refractivity contribution < 1.29 is 8.42 Å². The number of aromatic nitrogens is 1. The van der Waals surface area contributed by atoms with Crippen molar-refractivity contribution in [3.63, 3.8) is 0 Å². The van der Waals surface area contributed by atoms with Crippen molar-refractivity contribution in [3.8, 4) is 11.1 Å². The Kier molecular flexibility index (Phi) is 4.49. The van der Waals surface area contributed by atoms with E-state index in [2.05, 4.69) is 34.1 Å². The zero-order valence-corrected chi connectivity index (χ0v) is 15.3. The van der Waals surface area contributed by atoms with Gasteiger partial charge in [0.1, 0.15) is 4.90 Å². The van der Waals surface area contributed by atoms with Crippen LogP contribution in [-0.2, 0) is 16.4 Å². The van der Waals surface area contributed by atoms with Crippen LogP contribution in [-0.4, -0.2) is 38.7 Å². The average Bonchev–Trinajstić information content (AvgIpc) is 2.54. The molecule has 0 bridgehead atoms. The van der Waals surface area contributed by atoms with Gasteiger partial charge in [-0.05, 0) is 42.9 Å². The second kappa shape index (κ2) is 6.46. The number of sulfone groups is 1. The second-order valence-electron chi connectivity index (χ2n) is 6.47. The van der Waals surface area contributed by atoms with Crippen LogP contribution in [0.5, 0.6) is 0 Å². The monoisotopic (exact) mass is 355 g/mol. The molecule has 2 N–H and O–H groups in total. The highest BCUT2D eigenvalue weighted by Gasteiger charge is 2.15. The fraction of sp³-hybridized carbons (Fsp3) is 0.211. The van der Waals surface area contributed by atoms with Crippen molar-refractivity contribution in [1.29, 1.82) is 0 Å². The first kappa shape index (κ1) is 17.4. The Balaban J connectivity index is 2.07. The number of nitrogens with two attached hydrogens (primary N) is 1. The molecule has 0 aliphatic rings. The third-order valence-corrected chi connectivity index (χ3v) is 5.18. The molecule has 130 valence electrons. The van der Waals surface area contributed by atoms with E-state index in [-0.39, 0.29) is 10.6 Å². The van der Waals surface area contributed by atoms with Gasteiger partial charge in [-0.25, -0.2) is 8.42 Å². The summed E-state index contributed by atoms with van der Waals surface area (Å²) in [4.78, 5) is 6.41. The maximum absolute atomic E-state index is 11.9. The minimum absolute atomic E-state index is 0.0680. The van der Waals surface area contributed by atoms with Gasteiger partial charge in [0.15, 0.2) is 9.84 Å². The van der Waals surface area contributed by atoms with Crippen molar-refractivity contribution in [1.82, 2.24) is 9.88 Å². The molecule has 1 heterocycles. The second-order valence-corrected chi connectivity index (χ2v) is 8.46. The fourth-order valence-corrected chi connectivity index (χ4v) is 3.59. The molecule has 0 aliphatic heterocycles. The fourth-order valence-electron chi connectivity index (χ4n) is 2.84. The van der Waals surface area contributed by atoms with Gasteiger partial charge in [-0.15, -0.1) is 0 Å². The van der Waals surface area contributed by atoms with E-state index in [1.165, 1.54) is 11.8 Å². The molecule has 0 saturated carbocycles. The lowest BCUT2D eigenvalue weighted by molar-refractivity contribution is 0.402. The van der Waals surface area contributed by atoms with Gasteiger partial charge in [0, 0.05) is 24.4 Å². The molecule has 2 aromatic carbocycles. The zero-order valence-electron chi connectivity index (χ0n) is 14.5. The van der Waals surface area contributed by atoms with Crippen LogP contribution in [0.15, 0.2) is 53.6 Å². The lowest BCUT2D eigenvalue weighted by Crippen LogP contribution is -2.10. The standard InChI is InChI=1S/C19H21N3O2S/c1-22(2)12-13-4-6-14(7-5-13)15-8-9-17-16(10-15)19(20)18(11-21-17)25(3,23)24/h4-11H,12H2,1-3H3,(H2,20,21). The van der Waals surface area contributed by atoms with E-state index in [1.54, 1.807) is 0 Å². The number of hydrogen-bond acceptors (Lipinski definition) is 5. The van der Waals surface area contributed by atoms with Gasteiger partial charge in [0.25, 0.3) is 0 Å². The summed E-state index contributed by atoms with van der Waals surface area (Å²) >= 11 is 0. The zero-order chi connectivity index (χ0) is 18.2. The number of nitrogen functional groups attached to an aromatic ring is 1.